The fourth-order valence-corrected chi connectivity index (χ4v) is 3.61. The van der Waals surface area contributed by atoms with E-state index in [1.165, 1.54) is 23.1 Å². The van der Waals surface area contributed by atoms with Crippen molar-refractivity contribution in [2.45, 2.75) is 45.3 Å². The minimum Gasteiger partial charge on any atom is -0.352 e. The standard InChI is InChI=1S/C20H28F3N3O2/c1-13-7-6-10-16(14(13)2)24-18(27)11-26(3)12-19(28)25-17-9-5-4-8-15(17)20(21,22)23/h4-5,8-9,13-14,16H,6-7,10-12H2,1-3H3,(H,24,27)(H,25,28). The number of amides is 2. The van der Waals surface area contributed by atoms with Crippen molar-refractivity contribution in [2.24, 2.45) is 11.8 Å². The van der Waals surface area contributed by atoms with Crippen molar-refractivity contribution in [1.29, 1.82) is 0 Å². The number of carbonyl (C=O) groups excluding carboxylic acids is 2. The molecule has 1 saturated carbocycles. The van der Waals surface area contributed by atoms with Gasteiger partial charge in [-0.2, -0.15) is 13.2 Å². The van der Waals surface area contributed by atoms with Crippen LogP contribution in [-0.2, 0) is 15.8 Å². The van der Waals surface area contributed by atoms with Gasteiger partial charge in [-0.3, -0.25) is 14.5 Å². The first-order valence-electron chi connectivity index (χ1n) is 9.52. The van der Waals surface area contributed by atoms with E-state index in [0.717, 1.165) is 25.3 Å². The normalized spacial score (nSPS) is 22.8. The highest BCUT2D eigenvalue weighted by atomic mass is 19.4. The highest BCUT2D eigenvalue weighted by molar-refractivity contribution is 5.93. The summed E-state index contributed by atoms with van der Waals surface area (Å²) >= 11 is 0. The Kier molecular flexibility index (Phi) is 7.46. The lowest BCUT2D eigenvalue weighted by molar-refractivity contribution is -0.137. The maximum atomic E-state index is 13.0. The molecule has 28 heavy (non-hydrogen) atoms. The van der Waals surface area contributed by atoms with Gasteiger partial charge >= 0.3 is 6.18 Å². The summed E-state index contributed by atoms with van der Waals surface area (Å²) in [5.74, 6) is 0.157. The number of nitrogens with one attached hydrogen (secondary N) is 2. The molecule has 2 N–H and O–H groups in total. The van der Waals surface area contributed by atoms with Gasteiger partial charge in [-0.15, -0.1) is 0 Å². The van der Waals surface area contributed by atoms with Crippen LogP contribution in [0.4, 0.5) is 18.9 Å². The molecule has 8 heteroatoms. The van der Waals surface area contributed by atoms with Crippen molar-refractivity contribution >= 4 is 17.5 Å². The average Bonchev–Trinajstić information content (AvgIpc) is 2.58. The zero-order valence-electron chi connectivity index (χ0n) is 16.5. The van der Waals surface area contributed by atoms with Crippen molar-refractivity contribution in [3.8, 4) is 0 Å². The molecule has 0 radical (unpaired) electrons. The van der Waals surface area contributed by atoms with Gasteiger partial charge in [0, 0.05) is 6.04 Å². The first-order valence-corrected chi connectivity index (χ1v) is 9.52. The zero-order chi connectivity index (χ0) is 20.9. The summed E-state index contributed by atoms with van der Waals surface area (Å²) in [6.07, 6.45) is -1.38. The van der Waals surface area contributed by atoms with Crippen LogP contribution in [0.2, 0.25) is 0 Å². The number of hydrogen-bond acceptors (Lipinski definition) is 3. The molecule has 5 nitrogen and oxygen atoms in total. The van der Waals surface area contributed by atoms with Gasteiger partial charge in [0.2, 0.25) is 11.8 Å². The molecule has 3 unspecified atom stereocenters. The third-order valence-corrected chi connectivity index (χ3v) is 5.39. The van der Waals surface area contributed by atoms with Crippen LogP contribution in [-0.4, -0.2) is 42.9 Å². The summed E-state index contributed by atoms with van der Waals surface area (Å²) in [7, 11) is 1.59. The maximum Gasteiger partial charge on any atom is 0.418 e. The Balaban J connectivity index is 1.85. The number of carbonyl (C=O) groups is 2. The summed E-state index contributed by atoms with van der Waals surface area (Å²) in [5.41, 5.74) is -1.19. The summed E-state index contributed by atoms with van der Waals surface area (Å²) in [6, 6.07) is 4.94. The van der Waals surface area contributed by atoms with Gasteiger partial charge in [-0.25, -0.2) is 0 Å². The quantitative estimate of drug-likeness (QED) is 0.770. The lowest BCUT2D eigenvalue weighted by atomic mass is 9.78. The van der Waals surface area contributed by atoms with Crippen LogP contribution < -0.4 is 10.6 Å². The number of alkyl halides is 3. The van der Waals surface area contributed by atoms with Crippen LogP contribution >= 0.6 is 0 Å². The highest BCUT2D eigenvalue weighted by Gasteiger charge is 2.33. The molecule has 1 fully saturated rings. The SMILES string of the molecule is CC1CCCC(NC(=O)CN(C)CC(=O)Nc2ccccc2C(F)(F)F)C1C. The summed E-state index contributed by atoms with van der Waals surface area (Å²) < 4.78 is 39.0. The first-order chi connectivity index (χ1) is 13.1. The molecule has 0 spiro atoms. The number of nitrogens with zero attached hydrogens (tertiary/aromatic N) is 1. The lowest BCUT2D eigenvalue weighted by Gasteiger charge is -2.34. The maximum absolute atomic E-state index is 13.0. The second-order valence-corrected chi connectivity index (χ2v) is 7.71. The number of anilines is 1. The van der Waals surface area contributed by atoms with E-state index >= 15 is 0 Å². The molecule has 3 atom stereocenters. The lowest BCUT2D eigenvalue weighted by Crippen LogP contribution is -2.47. The Morgan fingerprint density at radius 1 is 1.11 bits per heavy atom. The first kappa shape index (κ1) is 22.2. The van der Waals surface area contributed by atoms with E-state index in [1.54, 1.807) is 7.05 Å². The average molecular weight is 399 g/mol. The van der Waals surface area contributed by atoms with Gasteiger partial charge in [-0.1, -0.05) is 38.8 Å². The summed E-state index contributed by atoms with van der Waals surface area (Å²) in [5, 5.41) is 5.30. The van der Waals surface area contributed by atoms with Crippen LogP contribution in [0.5, 0.6) is 0 Å². The van der Waals surface area contributed by atoms with Crippen LogP contribution in [0.3, 0.4) is 0 Å². The molecule has 1 aliphatic carbocycles. The Hall–Kier alpha value is -2.09. The Morgan fingerprint density at radius 3 is 2.43 bits per heavy atom. The second kappa shape index (κ2) is 9.41. The van der Waals surface area contributed by atoms with Crippen molar-refractivity contribution < 1.29 is 22.8 Å². The van der Waals surface area contributed by atoms with E-state index < -0.39 is 17.6 Å². The number of para-hydroxylation sites is 1. The monoisotopic (exact) mass is 399 g/mol. The van der Waals surface area contributed by atoms with E-state index in [-0.39, 0.29) is 30.7 Å². The molecule has 1 aromatic carbocycles. The zero-order valence-corrected chi connectivity index (χ0v) is 16.5. The molecule has 2 rings (SSSR count). The fourth-order valence-electron chi connectivity index (χ4n) is 3.61. The molecular formula is C20H28F3N3O2. The highest BCUT2D eigenvalue weighted by Crippen LogP contribution is 2.34. The topological polar surface area (TPSA) is 61.4 Å². The van der Waals surface area contributed by atoms with Crippen molar-refractivity contribution in [1.82, 2.24) is 10.2 Å². The van der Waals surface area contributed by atoms with Gasteiger partial charge in [0.15, 0.2) is 0 Å². The summed E-state index contributed by atoms with van der Waals surface area (Å²) in [6.45, 7) is 4.13. The molecule has 0 aromatic heterocycles. The van der Waals surface area contributed by atoms with E-state index in [4.69, 9.17) is 0 Å². The summed E-state index contributed by atoms with van der Waals surface area (Å²) in [4.78, 5) is 25.9. The Morgan fingerprint density at radius 2 is 1.75 bits per heavy atom. The molecule has 156 valence electrons. The Labute approximate surface area is 163 Å². The third kappa shape index (κ3) is 6.22. The van der Waals surface area contributed by atoms with Crippen LogP contribution in [0.15, 0.2) is 24.3 Å². The molecule has 0 saturated heterocycles. The molecule has 1 aromatic rings. The van der Waals surface area contributed by atoms with Crippen LogP contribution in [0, 0.1) is 11.8 Å². The van der Waals surface area contributed by atoms with Gasteiger partial charge in [0.1, 0.15) is 0 Å². The van der Waals surface area contributed by atoms with Gasteiger partial charge in [-0.05, 0) is 37.4 Å². The Bertz CT molecular complexity index is 694. The molecule has 0 bridgehead atoms. The van der Waals surface area contributed by atoms with E-state index in [1.807, 2.05) is 0 Å². The second-order valence-electron chi connectivity index (χ2n) is 7.71. The molecular weight excluding hydrogens is 371 g/mol. The van der Waals surface area contributed by atoms with E-state index in [2.05, 4.69) is 24.5 Å². The van der Waals surface area contributed by atoms with Gasteiger partial charge < -0.3 is 10.6 Å². The smallest absolute Gasteiger partial charge is 0.352 e. The van der Waals surface area contributed by atoms with Crippen molar-refractivity contribution in [2.75, 3.05) is 25.5 Å². The predicted octanol–water partition coefficient (Wildman–Crippen LogP) is 3.52. The molecule has 0 aliphatic heterocycles. The minimum absolute atomic E-state index is 0.00589. The van der Waals surface area contributed by atoms with Gasteiger partial charge in [0.05, 0.1) is 24.3 Å². The van der Waals surface area contributed by atoms with Crippen molar-refractivity contribution in [3.63, 3.8) is 0 Å². The predicted molar refractivity (Wildman–Crippen MR) is 102 cm³/mol. The molecule has 2 amide bonds. The molecule has 1 aliphatic rings. The number of likely N-dealkylation sites (N-methyl/N-ethyl adjacent to an activating group) is 1. The number of halogens is 3. The third-order valence-electron chi connectivity index (χ3n) is 5.39. The number of benzene rings is 1. The van der Waals surface area contributed by atoms with Crippen LogP contribution in [0.1, 0.15) is 38.7 Å². The molecule has 0 heterocycles. The largest absolute Gasteiger partial charge is 0.418 e. The minimum atomic E-state index is -4.55. The van der Waals surface area contributed by atoms with Crippen molar-refractivity contribution in [3.05, 3.63) is 29.8 Å². The van der Waals surface area contributed by atoms with Gasteiger partial charge in [0.25, 0.3) is 0 Å². The fraction of sp³-hybridized carbons (Fsp3) is 0.600. The van der Waals surface area contributed by atoms with E-state index in [0.29, 0.717) is 11.8 Å². The van der Waals surface area contributed by atoms with E-state index in [9.17, 15) is 22.8 Å². The van der Waals surface area contributed by atoms with Crippen LogP contribution in [0.25, 0.3) is 0 Å². The number of rotatable bonds is 6. The number of hydrogen-bond donors (Lipinski definition) is 2.